The average Bonchev–Trinajstić information content (AvgIpc) is 2.83. The molecule has 1 aliphatic carbocycles. The molecule has 2 aliphatic rings. The molecule has 8 heteroatoms. The van der Waals surface area contributed by atoms with Gasteiger partial charge in [-0.2, -0.15) is 4.99 Å². The number of nitrogens with one attached hydrogen (secondary N) is 3. The molecule has 1 saturated carbocycles. The predicted octanol–water partition coefficient (Wildman–Crippen LogP) is 4.16. The van der Waals surface area contributed by atoms with Gasteiger partial charge in [0.1, 0.15) is 0 Å². The molecule has 0 saturated heterocycles. The normalized spacial score (nSPS) is 20.7. The fourth-order valence-corrected chi connectivity index (χ4v) is 4.50. The van der Waals surface area contributed by atoms with Crippen molar-refractivity contribution in [2.75, 3.05) is 11.9 Å². The third-order valence-electron chi connectivity index (χ3n) is 4.74. The third-order valence-corrected chi connectivity index (χ3v) is 6.22. The summed E-state index contributed by atoms with van der Waals surface area (Å²) in [6.07, 6.45) is 7.88. The molecule has 0 radical (unpaired) electrons. The second kappa shape index (κ2) is 9.99. The minimum Gasteiger partial charge on any atom is -0.362 e. The summed E-state index contributed by atoms with van der Waals surface area (Å²) in [5.41, 5.74) is 0.557. The van der Waals surface area contributed by atoms with Crippen LogP contribution >= 0.6 is 23.4 Å². The first-order valence-electron chi connectivity index (χ1n) is 9.47. The molecule has 1 aromatic rings. The van der Waals surface area contributed by atoms with Gasteiger partial charge < -0.3 is 16.0 Å². The van der Waals surface area contributed by atoms with Gasteiger partial charge in [-0.15, -0.1) is 0 Å². The maximum absolute atomic E-state index is 12.1. The minimum atomic E-state index is -0.337. The number of carbonyl (C=O) groups is 2. The summed E-state index contributed by atoms with van der Waals surface area (Å²) in [5, 5.41) is 9.88. The van der Waals surface area contributed by atoms with Gasteiger partial charge in [-0.05, 0) is 31.4 Å². The summed E-state index contributed by atoms with van der Waals surface area (Å²) in [7, 11) is 0. The Hall–Kier alpha value is -1.73. The lowest BCUT2D eigenvalue weighted by Gasteiger charge is -2.17. The molecule has 1 heterocycles. The van der Waals surface area contributed by atoms with E-state index in [1.54, 1.807) is 24.3 Å². The smallest absolute Gasteiger partial charge is 0.319 e. The number of halogens is 1. The topological polar surface area (TPSA) is 82.6 Å². The summed E-state index contributed by atoms with van der Waals surface area (Å²) < 4.78 is 0. The van der Waals surface area contributed by atoms with Crippen molar-refractivity contribution in [3.63, 3.8) is 0 Å². The lowest BCUT2D eigenvalue weighted by atomic mass is 10.1. The average molecular weight is 409 g/mol. The van der Waals surface area contributed by atoms with E-state index in [1.165, 1.54) is 37.4 Å². The van der Waals surface area contributed by atoms with Gasteiger partial charge in [-0.3, -0.25) is 4.79 Å². The number of benzene rings is 1. The van der Waals surface area contributed by atoms with E-state index < -0.39 is 0 Å². The Morgan fingerprint density at radius 3 is 2.67 bits per heavy atom. The van der Waals surface area contributed by atoms with Crippen LogP contribution in [0.4, 0.5) is 10.5 Å². The van der Waals surface area contributed by atoms with Crippen LogP contribution in [0, 0.1) is 0 Å². The molecule has 3 rings (SSSR count). The van der Waals surface area contributed by atoms with Crippen molar-refractivity contribution in [2.24, 2.45) is 4.99 Å². The number of urea groups is 1. The van der Waals surface area contributed by atoms with E-state index in [4.69, 9.17) is 11.6 Å². The van der Waals surface area contributed by atoms with Crippen molar-refractivity contribution in [3.05, 3.63) is 29.3 Å². The second-order valence-electron chi connectivity index (χ2n) is 6.84. The number of thioether (sulfide) groups is 1. The van der Waals surface area contributed by atoms with Gasteiger partial charge in [-0.25, -0.2) is 4.79 Å². The van der Waals surface area contributed by atoms with Gasteiger partial charge in [0, 0.05) is 12.6 Å². The molecule has 0 aromatic heterocycles. The molecule has 146 valence electrons. The lowest BCUT2D eigenvalue weighted by Crippen LogP contribution is -2.33. The van der Waals surface area contributed by atoms with Crippen molar-refractivity contribution in [1.82, 2.24) is 10.6 Å². The third kappa shape index (κ3) is 6.14. The van der Waals surface area contributed by atoms with Crippen molar-refractivity contribution < 1.29 is 9.59 Å². The fourth-order valence-electron chi connectivity index (χ4n) is 3.28. The number of hydrogen-bond donors (Lipinski definition) is 3. The van der Waals surface area contributed by atoms with Crippen molar-refractivity contribution in [3.8, 4) is 0 Å². The Balaban J connectivity index is 1.38. The molecule has 3 N–H and O–H groups in total. The van der Waals surface area contributed by atoms with Crippen LogP contribution in [0.3, 0.4) is 0 Å². The van der Waals surface area contributed by atoms with E-state index in [2.05, 4.69) is 20.9 Å². The van der Waals surface area contributed by atoms with Gasteiger partial charge in [-0.1, -0.05) is 61.2 Å². The van der Waals surface area contributed by atoms with Gasteiger partial charge in [0.2, 0.25) is 0 Å². The second-order valence-corrected chi connectivity index (χ2v) is 8.44. The fraction of sp³-hybridized carbons (Fsp3) is 0.526. The number of para-hydroxylation sites is 1. The Labute approximate surface area is 168 Å². The Kier molecular flexibility index (Phi) is 7.41. The summed E-state index contributed by atoms with van der Waals surface area (Å²) in [6, 6.07) is 7.13. The number of anilines is 1. The van der Waals surface area contributed by atoms with Crippen LogP contribution in [0.1, 0.15) is 44.9 Å². The highest BCUT2D eigenvalue weighted by atomic mass is 35.5. The number of rotatable bonds is 5. The van der Waals surface area contributed by atoms with Crippen LogP contribution in [0.25, 0.3) is 0 Å². The predicted molar refractivity (Wildman–Crippen MR) is 112 cm³/mol. The van der Waals surface area contributed by atoms with Crippen molar-refractivity contribution in [1.29, 1.82) is 0 Å². The molecule has 3 amide bonds. The highest BCUT2D eigenvalue weighted by Gasteiger charge is 2.29. The Morgan fingerprint density at radius 2 is 1.93 bits per heavy atom. The summed E-state index contributed by atoms with van der Waals surface area (Å²) in [5.74, 6) is -0.121. The molecular weight excluding hydrogens is 384 g/mol. The number of amidine groups is 1. The number of nitrogens with zero attached hydrogens (tertiary/aromatic N) is 1. The Morgan fingerprint density at radius 1 is 1.19 bits per heavy atom. The minimum absolute atomic E-state index is 0.121. The Bertz CT molecular complexity index is 705. The van der Waals surface area contributed by atoms with E-state index in [1.807, 2.05) is 0 Å². The standard InChI is InChI=1S/C19H25ClN4O2S/c20-14-9-5-6-10-15(14)23-18(26)21-12-11-16-17(25)24-19(27-16)22-13-7-3-1-2-4-8-13/h5-6,9-10,13,16H,1-4,7-8,11-12H2,(H2,21,23,26)(H,22,24,25). The molecule has 0 spiro atoms. The molecule has 1 atom stereocenters. The van der Waals surface area contributed by atoms with Gasteiger partial charge in [0.15, 0.2) is 5.17 Å². The van der Waals surface area contributed by atoms with Crippen LogP contribution in [0.2, 0.25) is 5.02 Å². The number of aliphatic imine (C=N–C) groups is 1. The van der Waals surface area contributed by atoms with E-state index in [-0.39, 0.29) is 17.2 Å². The van der Waals surface area contributed by atoms with Crippen molar-refractivity contribution in [2.45, 2.75) is 56.2 Å². The SMILES string of the molecule is O=C(NCCC1SC(NC2CCCCCC2)=NC1=O)Nc1ccccc1Cl. The summed E-state index contributed by atoms with van der Waals surface area (Å²) >= 11 is 7.49. The van der Waals surface area contributed by atoms with Gasteiger partial charge >= 0.3 is 6.03 Å². The first-order valence-corrected chi connectivity index (χ1v) is 10.7. The molecule has 1 unspecified atom stereocenters. The molecular formula is C19H25ClN4O2S. The maximum Gasteiger partial charge on any atom is 0.319 e. The van der Waals surface area contributed by atoms with Crippen molar-refractivity contribution >= 4 is 46.2 Å². The van der Waals surface area contributed by atoms with Crippen LogP contribution < -0.4 is 16.0 Å². The van der Waals surface area contributed by atoms with Gasteiger partial charge in [0.05, 0.1) is 16.0 Å². The first kappa shape index (κ1) is 20.0. The van der Waals surface area contributed by atoms with E-state index in [9.17, 15) is 9.59 Å². The molecule has 1 aliphatic heterocycles. The number of carbonyl (C=O) groups excluding carboxylic acids is 2. The van der Waals surface area contributed by atoms with Gasteiger partial charge in [0.25, 0.3) is 5.91 Å². The molecule has 0 bridgehead atoms. The molecule has 1 aromatic carbocycles. The first-order chi connectivity index (χ1) is 13.1. The molecule has 27 heavy (non-hydrogen) atoms. The molecule has 1 fully saturated rings. The summed E-state index contributed by atoms with van der Waals surface area (Å²) in [4.78, 5) is 28.2. The monoisotopic (exact) mass is 408 g/mol. The molecule has 6 nitrogen and oxygen atoms in total. The van der Waals surface area contributed by atoms with Crippen LogP contribution in [-0.2, 0) is 4.79 Å². The zero-order valence-electron chi connectivity index (χ0n) is 15.2. The van der Waals surface area contributed by atoms with E-state index in [0.29, 0.717) is 29.7 Å². The number of hydrogen-bond acceptors (Lipinski definition) is 4. The highest BCUT2D eigenvalue weighted by molar-refractivity contribution is 8.15. The number of amides is 3. The van der Waals surface area contributed by atoms with Crippen LogP contribution in [0.15, 0.2) is 29.3 Å². The largest absolute Gasteiger partial charge is 0.362 e. The summed E-state index contributed by atoms with van der Waals surface area (Å²) in [6.45, 7) is 0.395. The quantitative estimate of drug-likeness (QED) is 0.639. The van der Waals surface area contributed by atoms with Crippen LogP contribution in [0.5, 0.6) is 0 Å². The van der Waals surface area contributed by atoms with E-state index in [0.717, 1.165) is 18.0 Å². The lowest BCUT2D eigenvalue weighted by molar-refractivity contribution is -0.117. The maximum atomic E-state index is 12.1. The highest BCUT2D eigenvalue weighted by Crippen LogP contribution is 2.26. The zero-order valence-corrected chi connectivity index (χ0v) is 16.7. The van der Waals surface area contributed by atoms with Crippen LogP contribution in [-0.4, -0.2) is 34.9 Å². The zero-order chi connectivity index (χ0) is 19.1. The van der Waals surface area contributed by atoms with E-state index >= 15 is 0 Å².